The maximum atomic E-state index is 12.0. The highest BCUT2D eigenvalue weighted by atomic mass is 16.5. The summed E-state index contributed by atoms with van der Waals surface area (Å²) >= 11 is 0. The minimum absolute atomic E-state index is 0.179. The molecule has 0 aromatic carbocycles. The fourth-order valence-corrected chi connectivity index (χ4v) is 2.89. The van der Waals surface area contributed by atoms with Crippen LogP contribution in [0.2, 0.25) is 0 Å². The van der Waals surface area contributed by atoms with Gasteiger partial charge in [0.1, 0.15) is 6.61 Å². The van der Waals surface area contributed by atoms with Crippen LogP contribution in [0.25, 0.3) is 0 Å². The second-order valence-electron chi connectivity index (χ2n) is 5.76. The van der Waals surface area contributed by atoms with Crippen molar-refractivity contribution in [3.05, 3.63) is 0 Å². The van der Waals surface area contributed by atoms with Crippen LogP contribution < -0.4 is 0 Å². The molecule has 0 unspecified atom stereocenters. The van der Waals surface area contributed by atoms with Gasteiger partial charge in [0.25, 0.3) is 0 Å². The van der Waals surface area contributed by atoms with E-state index < -0.39 is 0 Å². The number of hydrogen-bond acceptors (Lipinski definition) is 3. The van der Waals surface area contributed by atoms with Gasteiger partial charge in [-0.2, -0.15) is 0 Å². The minimum atomic E-state index is 0.179. The van der Waals surface area contributed by atoms with E-state index in [0.29, 0.717) is 0 Å². The highest BCUT2D eigenvalue weighted by Gasteiger charge is 2.29. The molecule has 2 rings (SSSR count). The minimum Gasteiger partial charge on any atom is -0.372 e. The molecule has 4 nitrogen and oxygen atoms in total. The smallest absolute Gasteiger partial charge is 0.248 e. The summed E-state index contributed by atoms with van der Waals surface area (Å²) in [5.41, 5.74) is 0. The molecule has 0 aromatic heterocycles. The number of piperidine rings is 1. The Labute approximate surface area is 117 Å². The van der Waals surface area contributed by atoms with E-state index in [1.165, 1.54) is 32.4 Å². The molecule has 0 aliphatic carbocycles. The topological polar surface area (TPSA) is 32.8 Å². The lowest BCUT2D eigenvalue weighted by Crippen LogP contribution is -2.51. The third kappa shape index (κ3) is 4.46. The van der Waals surface area contributed by atoms with Crippen LogP contribution in [0.3, 0.4) is 0 Å². The maximum absolute atomic E-state index is 12.0. The zero-order chi connectivity index (χ0) is 13.5. The number of hydrogen-bond donors (Lipinski definition) is 0. The average Bonchev–Trinajstić information content (AvgIpc) is 2.37. The number of carbonyl (C=O) groups excluding carboxylic acids is 1. The van der Waals surface area contributed by atoms with Gasteiger partial charge in [-0.3, -0.25) is 4.79 Å². The Balaban J connectivity index is 1.56. The van der Waals surface area contributed by atoms with E-state index >= 15 is 0 Å². The first-order valence-corrected chi connectivity index (χ1v) is 7.91. The zero-order valence-corrected chi connectivity index (χ0v) is 12.3. The van der Waals surface area contributed by atoms with E-state index in [9.17, 15) is 4.79 Å². The summed E-state index contributed by atoms with van der Waals surface area (Å²) in [6, 6.07) is 0.725. The predicted molar refractivity (Wildman–Crippen MR) is 76.1 cm³/mol. The predicted octanol–water partition coefficient (Wildman–Crippen LogP) is 1.89. The van der Waals surface area contributed by atoms with Crippen molar-refractivity contribution >= 4 is 5.91 Å². The van der Waals surface area contributed by atoms with Gasteiger partial charge in [0.15, 0.2) is 0 Å². The zero-order valence-electron chi connectivity index (χ0n) is 12.3. The van der Waals surface area contributed by atoms with E-state index in [2.05, 4.69) is 11.8 Å². The Kier molecular flexibility index (Phi) is 6.11. The molecule has 4 heteroatoms. The molecule has 1 amide bonds. The lowest BCUT2D eigenvalue weighted by molar-refractivity contribution is -0.138. The second kappa shape index (κ2) is 7.85. The summed E-state index contributed by atoms with van der Waals surface area (Å²) < 4.78 is 5.46. The van der Waals surface area contributed by atoms with Crippen molar-refractivity contribution in [3.8, 4) is 0 Å². The van der Waals surface area contributed by atoms with Gasteiger partial charge in [0, 0.05) is 25.7 Å². The summed E-state index contributed by atoms with van der Waals surface area (Å²) in [4.78, 5) is 16.5. The molecule has 0 saturated carbocycles. The lowest BCUT2D eigenvalue weighted by Gasteiger charge is -2.42. The van der Waals surface area contributed by atoms with E-state index in [4.69, 9.17) is 4.74 Å². The molecule has 0 aromatic rings. The highest BCUT2D eigenvalue weighted by molar-refractivity contribution is 5.77. The summed E-state index contributed by atoms with van der Waals surface area (Å²) in [7, 11) is 0. The number of amides is 1. The average molecular weight is 268 g/mol. The van der Waals surface area contributed by atoms with Gasteiger partial charge in [-0.1, -0.05) is 19.8 Å². The van der Waals surface area contributed by atoms with Crippen LogP contribution in [0.4, 0.5) is 0 Å². The number of rotatable bonds is 7. The van der Waals surface area contributed by atoms with Crippen LogP contribution in [0, 0.1) is 0 Å². The molecule has 2 fully saturated rings. The van der Waals surface area contributed by atoms with Gasteiger partial charge in [-0.05, 0) is 38.8 Å². The molecule has 0 spiro atoms. The van der Waals surface area contributed by atoms with E-state index in [-0.39, 0.29) is 12.5 Å². The lowest BCUT2D eigenvalue weighted by atomic mass is 10.00. The quantitative estimate of drug-likeness (QED) is 0.661. The molecule has 0 bridgehead atoms. The van der Waals surface area contributed by atoms with Gasteiger partial charge in [-0.25, -0.2) is 0 Å². The number of likely N-dealkylation sites (tertiary alicyclic amines) is 2. The molecule has 0 radical (unpaired) electrons. The van der Waals surface area contributed by atoms with Gasteiger partial charge in [-0.15, -0.1) is 0 Å². The van der Waals surface area contributed by atoms with E-state index in [1.54, 1.807) is 0 Å². The van der Waals surface area contributed by atoms with Crippen LogP contribution in [0.1, 0.15) is 45.4 Å². The third-order valence-electron chi connectivity index (χ3n) is 4.34. The van der Waals surface area contributed by atoms with E-state index in [1.807, 2.05) is 4.90 Å². The number of ether oxygens (including phenoxy) is 1. The Bertz CT molecular complexity index is 271. The van der Waals surface area contributed by atoms with Crippen LogP contribution >= 0.6 is 0 Å². The first-order chi connectivity index (χ1) is 9.31. The Hall–Kier alpha value is -0.610. The van der Waals surface area contributed by atoms with Crippen molar-refractivity contribution in [1.29, 1.82) is 0 Å². The SMILES string of the molecule is CCCCCOCC(=O)N1CCC(N2CCC2)CC1. The molecular formula is C15H28N2O2. The molecule has 0 N–H and O–H groups in total. The summed E-state index contributed by atoms with van der Waals surface area (Å²) in [6.07, 6.45) is 7.09. The van der Waals surface area contributed by atoms with Crippen molar-refractivity contribution in [2.24, 2.45) is 0 Å². The molecule has 0 atom stereocenters. The number of carbonyl (C=O) groups is 1. The largest absolute Gasteiger partial charge is 0.372 e. The summed E-state index contributed by atoms with van der Waals surface area (Å²) in [5.74, 6) is 0.179. The van der Waals surface area contributed by atoms with Crippen LogP contribution in [-0.4, -0.2) is 61.1 Å². The number of nitrogens with zero attached hydrogens (tertiary/aromatic N) is 2. The fraction of sp³-hybridized carbons (Fsp3) is 0.933. The van der Waals surface area contributed by atoms with Crippen LogP contribution in [-0.2, 0) is 9.53 Å². The van der Waals surface area contributed by atoms with Gasteiger partial charge < -0.3 is 14.5 Å². The Morgan fingerprint density at radius 3 is 2.47 bits per heavy atom. The molecule has 2 heterocycles. The van der Waals surface area contributed by atoms with Crippen molar-refractivity contribution in [3.63, 3.8) is 0 Å². The van der Waals surface area contributed by atoms with E-state index in [0.717, 1.165) is 45.0 Å². The Morgan fingerprint density at radius 2 is 1.89 bits per heavy atom. The van der Waals surface area contributed by atoms with Crippen molar-refractivity contribution in [2.45, 2.75) is 51.5 Å². The maximum Gasteiger partial charge on any atom is 0.248 e. The van der Waals surface area contributed by atoms with Crippen molar-refractivity contribution < 1.29 is 9.53 Å². The molecule has 2 aliphatic heterocycles. The van der Waals surface area contributed by atoms with Gasteiger partial charge in [0.05, 0.1) is 0 Å². The summed E-state index contributed by atoms with van der Waals surface area (Å²) in [6.45, 7) is 7.53. The fourth-order valence-electron chi connectivity index (χ4n) is 2.89. The molecule has 2 saturated heterocycles. The molecule has 2 aliphatic rings. The van der Waals surface area contributed by atoms with Gasteiger partial charge >= 0.3 is 0 Å². The first-order valence-electron chi connectivity index (χ1n) is 7.91. The molecular weight excluding hydrogens is 240 g/mol. The monoisotopic (exact) mass is 268 g/mol. The van der Waals surface area contributed by atoms with Crippen molar-refractivity contribution in [1.82, 2.24) is 9.80 Å². The van der Waals surface area contributed by atoms with Crippen LogP contribution in [0.5, 0.6) is 0 Å². The third-order valence-corrected chi connectivity index (χ3v) is 4.34. The van der Waals surface area contributed by atoms with Crippen LogP contribution in [0.15, 0.2) is 0 Å². The summed E-state index contributed by atoms with van der Waals surface area (Å²) in [5, 5.41) is 0. The first kappa shape index (κ1) is 14.8. The number of unbranched alkanes of at least 4 members (excludes halogenated alkanes) is 2. The standard InChI is InChI=1S/C15H28N2O2/c1-2-3-4-12-19-13-15(18)17-10-6-14(7-11-17)16-8-5-9-16/h14H,2-13H2,1H3. The van der Waals surface area contributed by atoms with Crippen molar-refractivity contribution in [2.75, 3.05) is 39.4 Å². The molecule has 110 valence electrons. The Morgan fingerprint density at radius 1 is 1.16 bits per heavy atom. The normalized spacial score (nSPS) is 21.4. The highest BCUT2D eigenvalue weighted by Crippen LogP contribution is 2.21. The molecule has 19 heavy (non-hydrogen) atoms. The van der Waals surface area contributed by atoms with Gasteiger partial charge in [0.2, 0.25) is 5.91 Å². The second-order valence-corrected chi connectivity index (χ2v) is 5.76.